The molecule has 5 heteroatoms. The molecule has 0 saturated carbocycles. The zero-order valence-electron chi connectivity index (χ0n) is 10.5. The van der Waals surface area contributed by atoms with Gasteiger partial charge in [0.05, 0.1) is 13.2 Å². The lowest BCUT2D eigenvalue weighted by atomic mass is 9.99. The second kappa shape index (κ2) is 7.19. The van der Waals surface area contributed by atoms with Gasteiger partial charge in [-0.3, -0.25) is 4.79 Å². The van der Waals surface area contributed by atoms with E-state index in [1.807, 2.05) is 4.90 Å². The fourth-order valence-corrected chi connectivity index (χ4v) is 2.35. The Morgan fingerprint density at radius 2 is 2.12 bits per heavy atom. The minimum absolute atomic E-state index is 0. The van der Waals surface area contributed by atoms with Crippen LogP contribution in [0.5, 0.6) is 0 Å². The van der Waals surface area contributed by atoms with E-state index in [4.69, 9.17) is 4.74 Å². The third-order valence-corrected chi connectivity index (χ3v) is 3.56. The molecular weight excluding hydrogens is 240 g/mol. The van der Waals surface area contributed by atoms with Gasteiger partial charge in [-0.2, -0.15) is 0 Å². The van der Waals surface area contributed by atoms with Gasteiger partial charge in [0.2, 0.25) is 5.91 Å². The average Bonchev–Trinajstić information content (AvgIpc) is 2.31. The molecule has 100 valence electrons. The average molecular weight is 263 g/mol. The van der Waals surface area contributed by atoms with E-state index in [1.165, 1.54) is 0 Å². The fraction of sp³-hybridized carbons (Fsp3) is 0.917. The van der Waals surface area contributed by atoms with Crippen molar-refractivity contribution < 1.29 is 9.53 Å². The van der Waals surface area contributed by atoms with Gasteiger partial charge >= 0.3 is 0 Å². The maximum atomic E-state index is 12.0. The number of rotatable bonds is 2. The van der Waals surface area contributed by atoms with Crippen molar-refractivity contribution in [2.45, 2.75) is 32.2 Å². The van der Waals surface area contributed by atoms with E-state index in [0.29, 0.717) is 13.0 Å². The highest BCUT2D eigenvalue weighted by Gasteiger charge is 2.23. The molecular formula is C12H23ClN2O2. The maximum absolute atomic E-state index is 12.0. The number of nitrogens with zero attached hydrogens (tertiary/aromatic N) is 1. The molecule has 2 rings (SSSR count). The van der Waals surface area contributed by atoms with Crippen molar-refractivity contribution in [3.05, 3.63) is 0 Å². The summed E-state index contributed by atoms with van der Waals surface area (Å²) in [5, 5.41) is 3.33. The quantitative estimate of drug-likeness (QED) is 0.809. The maximum Gasteiger partial charge on any atom is 0.224 e. The van der Waals surface area contributed by atoms with Crippen molar-refractivity contribution in [3.8, 4) is 0 Å². The van der Waals surface area contributed by atoms with Crippen LogP contribution in [-0.2, 0) is 9.53 Å². The minimum Gasteiger partial charge on any atom is -0.378 e. The largest absolute Gasteiger partial charge is 0.378 e. The molecule has 2 aliphatic rings. The van der Waals surface area contributed by atoms with Crippen LogP contribution in [0.15, 0.2) is 0 Å². The van der Waals surface area contributed by atoms with Gasteiger partial charge in [-0.25, -0.2) is 0 Å². The summed E-state index contributed by atoms with van der Waals surface area (Å²) >= 11 is 0. The van der Waals surface area contributed by atoms with Gasteiger partial charge < -0.3 is 15.0 Å². The molecule has 1 amide bonds. The molecule has 0 bridgehead atoms. The molecule has 0 aliphatic carbocycles. The van der Waals surface area contributed by atoms with Crippen molar-refractivity contribution in [2.75, 3.05) is 32.8 Å². The molecule has 2 heterocycles. The van der Waals surface area contributed by atoms with E-state index in [2.05, 4.69) is 12.2 Å². The summed E-state index contributed by atoms with van der Waals surface area (Å²) < 4.78 is 5.35. The normalized spacial score (nSPS) is 26.4. The summed E-state index contributed by atoms with van der Waals surface area (Å²) in [6.45, 7) is 6.45. The summed E-state index contributed by atoms with van der Waals surface area (Å²) in [5.74, 6) is 1.06. The predicted octanol–water partition coefficient (Wildman–Crippen LogP) is 1.05. The van der Waals surface area contributed by atoms with Gasteiger partial charge in [0.25, 0.3) is 0 Å². The van der Waals surface area contributed by atoms with Crippen LogP contribution in [0.3, 0.4) is 0 Å². The zero-order valence-corrected chi connectivity index (χ0v) is 11.3. The van der Waals surface area contributed by atoms with Crippen LogP contribution in [0.1, 0.15) is 26.2 Å². The third kappa shape index (κ3) is 4.45. The Balaban J connectivity index is 0.00000144. The monoisotopic (exact) mass is 262 g/mol. The number of carbonyl (C=O) groups excluding carboxylic acids is 1. The number of carbonyl (C=O) groups is 1. The lowest BCUT2D eigenvalue weighted by Crippen LogP contribution is -2.46. The predicted molar refractivity (Wildman–Crippen MR) is 69.5 cm³/mol. The van der Waals surface area contributed by atoms with Crippen molar-refractivity contribution in [2.24, 2.45) is 5.92 Å². The highest BCUT2D eigenvalue weighted by Crippen LogP contribution is 2.17. The first kappa shape index (κ1) is 14.7. The molecule has 4 nitrogen and oxygen atoms in total. The molecule has 2 saturated heterocycles. The van der Waals surface area contributed by atoms with Gasteiger partial charge in [-0.05, 0) is 18.8 Å². The molecule has 1 N–H and O–H groups in total. The third-order valence-electron chi connectivity index (χ3n) is 3.56. The van der Waals surface area contributed by atoms with E-state index >= 15 is 0 Å². The molecule has 0 aromatic carbocycles. The number of piperidine rings is 1. The molecule has 0 aromatic rings. The number of amides is 1. The first-order valence-corrected chi connectivity index (χ1v) is 6.34. The minimum atomic E-state index is 0. The Bertz CT molecular complexity index is 237. The second-order valence-electron chi connectivity index (χ2n) is 4.99. The number of ether oxygens (including phenoxy) is 1. The SMILES string of the molecule is CC1CCN(C(=O)CC2COCCN2)CC1.Cl. The Morgan fingerprint density at radius 1 is 1.41 bits per heavy atom. The second-order valence-corrected chi connectivity index (χ2v) is 4.99. The van der Waals surface area contributed by atoms with Crippen LogP contribution < -0.4 is 5.32 Å². The fourth-order valence-electron chi connectivity index (χ4n) is 2.35. The van der Waals surface area contributed by atoms with E-state index in [1.54, 1.807) is 0 Å². The molecule has 2 fully saturated rings. The molecule has 1 unspecified atom stereocenters. The van der Waals surface area contributed by atoms with Crippen LogP contribution in [0.4, 0.5) is 0 Å². The van der Waals surface area contributed by atoms with Gasteiger partial charge in [0, 0.05) is 32.1 Å². The highest BCUT2D eigenvalue weighted by molar-refractivity contribution is 5.85. The smallest absolute Gasteiger partial charge is 0.224 e. The van der Waals surface area contributed by atoms with Crippen LogP contribution in [0.25, 0.3) is 0 Å². The van der Waals surface area contributed by atoms with Gasteiger partial charge in [0.15, 0.2) is 0 Å². The van der Waals surface area contributed by atoms with Crippen molar-refractivity contribution in [1.29, 1.82) is 0 Å². The van der Waals surface area contributed by atoms with Crippen LogP contribution in [0, 0.1) is 5.92 Å². The number of halogens is 1. The standard InChI is InChI=1S/C12H22N2O2.ClH/c1-10-2-5-14(6-3-10)12(15)8-11-9-16-7-4-13-11;/h10-11,13H,2-9H2,1H3;1H. The topological polar surface area (TPSA) is 41.6 Å². The number of nitrogens with one attached hydrogen (secondary N) is 1. The molecule has 2 aliphatic heterocycles. The highest BCUT2D eigenvalue weighted by atomic mass is 35.5. The van der Waals surface area contributed by atoms with Crippen LogP contribution in [-0.4, -0.2) is 49.7 Å². The van der Waals surface area contributed by atoms with Crippen molar-refractivity contribution in [1.82, 2.24) is 10.2 Å². The number of likely N-dealkylation sites (tertiary alicyclic amines) is 1. The Labute approximate surface area is 109 Å². The molecule has 0 aromatic heterocycles. The zero-order chi connectivity index (χ0) is 11.4. The Morgan fingerprint density at radius 3 is 2.71 bits per heavy atom. The lowest BCUT2D eigenvalue weighted by Gasteiger charge is -2.32. The first-order valence-electron chi connectivity index (χ1n) is 6.34. The molecule has 0 radical (unpaired) electrons. The summed E-state index contributed by atoms with van der Waals surface area (Å²) in [4.78, 5) is 14.0. The number of hydrogen-bond acceptors (Lipinski definition) is 3. The molecule has 17 heavy (non-hydrogen) atoms. The van der Waals surface area contributed by atoms with E-state index in [9.17, 15) is 4.79 Å². The summed E-state index contributed by atoms with van der Waals surface area (Å²) in [7, 11) is 0. The molecule has 0 spiro atoms. The van der Waals surface area contributed by atoms with Gasteiger partial charge in [-0.1, -0.05) is 6.92 Å². The molecule has 1 atom stereocenters. The Hall–Kier alpha value is -0.320. The van der Waals surface area contributed by atoms with Crippen molar-refractivity contribution in [3.63, 3.8) is 0 Å². The summed E-state index contributed by atoms with van der Waals surface area (Å²) in [5.41, 5.74) is 0. The summed E-state index contributed by atoms with van der Waals surface area (Å²) in [6.07, 6.45) is 2.90. The van der Waals surface area contributed by atoms with Gasteiger partial charge in [-0.15, -0.1) is 12.4 Å². The van der Waals surface area contributed by atoms with E-state index < -0.39 is 0 Å². The van der Waals surface area contributed by atoms with E-state index in [-0.39, 0.29) is 24.4 Å². The first-order chi connectivity index (χ1) is 7.75. The number of morpholine rings is 1. The van der Waals surface area contributed by atoms with Gasteiger partial charge in [0.1, 0.15) is 0 Å². The van der Waals surface area contributed by atoms with Crippen molar-refractivity contribution >= 4 is 18.3 Å². The number of hydrogen-bond donors (Lipinski definition) is 1. The summed E-state index contributed by atoms with van der Waals surface area (Å²) in [6, 6.07) is 0.223. The lowest BCUT2D eigenvalue weighted by molar-refractivity contribution is -0.133. The Kier molecular flexibility index (Phi) is 6.23. The van der Waals surface area contributed by atoms with Crippen LogP contribution >= 0.6 is 12.4 Å². The van der Waals surface area contributed by atoms with Crippen LogP contribution in [0.2, 0.25) is 0 Å². The van der Waals surface area contributed by atoms with E-state index in [0.717, 1.165) is 45.0 Å².